The average molecular weight is 511 g/mol. The highest BCUT2D eigenvalue weighted by atomic mass is 127. The maximum atomic E-state index is 5.97. The third-order valence-corrected chi connectivity index (χ3v) is 5.26. The van der Waals surface area contributed by atoms with Crippen molar-refractivity contribution in [3.63, 3.8) is 0 Å². The fraction of sp³-hybridized carbons (Fsp3) is 0.545. The first-order valence-corrected chi connectivity index (χ1v) is 10.2. The summed E-state index contributed by atoms with van der Waals surface area (Å²) >= 11 is 0. The zero-order valence-electron chi connectivity index (χ0n) is 18.2. The van der Waals surface area contributed by atoms with Crippen LogP contribution in [0.4, 0.5) is 0 Å². The molecular weight excluding hydrogens is 477 g/mol. The van der Waals surface area contributed by atoms with Crippen LogP contribution in [-0.2, 0) is 18.2 Å². The Morgan fingerprint density at radius 1 is 1.28 bits per heavy atom. The minimum Gasteiger partial charge on any atom is -0.370 e. The van der Waals surface area contributed by atoms with Crippen molar-refractivity contribution in [1.82, 2.24) is 20.0 Å². The van der Waals surface area contributed by atoms with Crippen molar-refractivity contribution in [1.29, 1.82) is 0 Å². The number of morpholine rings is 1. The minimum atomic E-state index is 0. The molecule has 1 atom stereocenters. The van der Waals surface area contributed by atoms with Crippen LogP contribution in [0.3, 0.4) is 0 Å². The fourth-order valence-corrected chi connectivity index (χ4v) is 3.95. The number of ether oxygens (including phenoxy) is 1. The molecule has 1 aliphatic rings. The summed E-state index contributed by atoms with van der Waals surface area (Å²) in [4.78, 5) is 7.23. The number of aryl methyl sites for hydroxylation is 4. The van der Waals surface area contributed by atoms with E-state index in [1.807, 2.05) is 24.1 Å². The molecule has 3 rings (SSSR count). The average Bonchev–Trinajstić information content (AvgIpc) is 3.09. The van der Waals surface area contributed by atoms with Crippen molar-refractivity contribution in [2.45, 2.75) is 40.2 Å². The van der Waals surface area contributed by atoms with Gasteiger partial charge in [-0.1, -0.05) is 17.7 Å². The number of nitrogens with one attached hydrogen (secondary N) is 1. The van der Waals surface area contributed by atoms with E-state index in [1.165, 1.54) is 22.3 Å². The Morgan fingerprint density at radius 3 is 2.62 bits per heavy atom. The van der Waals surface area contributed by atoms with Crippen LogP contribution in [0.5, 0.6) is 0 Å². The lowest BCUT2D eigenvalue weighted by Crippen LogP contribution is -2.48. The lowest BCUT2D eigenvalue weighted by molar-refractivity contribution is -0.00803. The molecule has 1 aliphatic heterocycles. The van der Waals surface area contributed by atoms with Gasteiger partial charge >= 0.3 is 0 Å². The summed E-state index contributed by atoms with van der Waals surface area (Å²) in [6.07, 6.45) is 4.92. The van der Waals surface area contributed by atoms with Gasteiger partial charge in [0.25, 0.3) is 0 Å². The van der Waals surface area contributed by atoms with Gasteiger partial charge in [-0.05, 0) is 50.8 Å². The highest BCUT2D eigenvalue weighted by molar-refractivity contribution is 14.0. The topological polar surface area (TPSA) is 54.7 Å². The molecule has 29 heavy (non-hydrogen) atoms. The molecule has 1 aromatic carbocycles. The highest BCUT2D eigenvalue weighted by Crippen LogP contribution is 2.22. The Balaban J connectivity index is 0.00000300. The predicted octanol–water partition coefficient (Wildman–Crippen LogP) is 3.54. The normalized spacial score (nSPS) is 17.2. The van der Waals surface area contributed by atoms with Crippen LogP contribution in [0, 0.1) is 20.8 Å². The van der Waals surface area contributed by atoms with Gasteiger partial charge in [-0.25, -0.2) is 0 Å². The van der Waals surface area contributed by atoms with Crippen molar-refractivity contribution < 1.29 is 4.74 Å². The molecule has 1 unspecified atom stereocenters. The minimum absolute atomic E-state index is 0. The molecule has 0 saturated carbocycles. The number of aromatic nitrogens is 2. The number of guanidine groups is 1. The molecule has 2 heterocycles. The van der Waals surface area contributed by atoms with Crippen LogP contribution in [0.25, 0.3) is 0 Å². The van der Waals surface area contributed by atoms with Gasteiger partial charge in [0.15, 0.2) is 5.96 Å². The van der Waals surface area contributed by atoms with Gasteiger partial charge in [0.1, 0.15) is 6.10 Å². The Bertz CT molecular complexity index is 809. The van der Waals surface area contributed by atoms with E-state index in [1.54, 1.807) is 0 Å². The quantitative estimate of drug-likeness (QED) is 0.379. The van der Waals surface area contributed by atoms with Crippen LogP contribution >= 0.6 is 24.0 Å². The molecule has 7 heteroatoms. The number of nitrogens with zero attached hydrogens (tertiary/aromatic N) is 4. The number of rotatable bonds is 5. The summed E-state index contributed by atoms with van der Waals surface area (Å²) in [5.41, 5.74) is 6.58. The first kappa shape index (κ1) is 23.7. The van der Waals surface area contributed by atoms with E-state index < -0.39 is 0 Å². The molecule has 0 spiro atoms. The third kappa shape index (κ3) is 6.18. The summed E-state index contributed by atoms with van der Waals surface area (Å²) in [7, 11) is 1.94. The number of halogens is 1. The third-order valence-electron chi connectivity index (χ3n) is 5.26. The van der Waals surface area contributed by atoms with Gasteiger partial charge in [0, 0.05) is 38.4 Å². The monoisotopic (exact) mass is 511 g/mol. The summed E-state index contributed by atoms with van der Waals surface area (Å²) in [5.74, 6) is 0.974. The van der Waals surface area contributed by atoms with E-state index >= 15 is 0 Å². The van der Waals surface area contributed by atoms with Gasteiger partial charge in [-0.2, -0.15) is 5.10 Å². The molecule has 6 nitrogen and oxygen atoms in total. The van der Waals surface area contributed by atoms with Gasteiger partial charge in [-0.15, -0.1) is 24.0 Å². The van der Waals surface area contributed by atoms with Crippen molar-refractivity contribution >= 4 is 29.9 Å². The van der Waals surface area contributed by atoms with Gasteiger partial charge in [0.05, 0.1) is 19.3 Å². The molecular formula is C22H34IN5O. The maximum absolute atomic E-state index is 5.97. The van der Waals surface area contributed by atoms with Crippen LogP contribution in [0.2, 0.25) is 0 Å². The van der Waals surface area contributed by atoms with Crippen molar-refractivity contribution in [3.05, 3.63) is 52.3 Å². The lowest BCUT2D eigenvalue weighted by Gasteiger charge is -2.34. The van der Waals surface area contributed by atoms with Crippen LogP contribution in [0.15, 0.2) is 29.5 Å². The largest absolute Gasteiger partial charge is 0.370 e. The van der Waals surface area contributed by atoms with Crippen molar-refractivity contribution in [2.24, 2.45) is 12.0 Å². The fourth-order valence-electron chi connectivity index (χ4n) is 3.95. The standard InChI is InChI=1S/C22H33N5O.HI/c1-6-23-22(24-8-7-20-17(3)11-16(2)12-18(20)4)27-9-10-28-21(15-27)19-13-25-26(5)14-19;/h11-14,21H,6-10,15H2,1-5H3,(H,23,24);1H. The molecule has 1 N–H and O–H groups in total. The van der Waals surface area contributed by atoms with Crippen LogP contribution < -0.4 is 5.32 Å². The first-order valence-electron chi connectivity index (χ1n) is 10.2. The van der Waals surface area contributed by atoms with E-state index in [0.29, 0.717) is 6.61 Å². The highest BCUT2D eigenvalue weighted by Gasteiger charge is 2.25. The molecule has 160 valence electrons. The number of aliphatic imine (C=N–C) groups is 1. The summed E-state index contributed by atoms with van der Waals surface area (Å²) in [6.45, 7) is 12.6. The lowest BCUT2D eigenvalue weighted by atomic mass is 9.97. The van der Waals surface area contributed by atoms with Crippen molar-refractivity contribution in [2.75, 3.05) is 32.8 Å². The van der Waals surface area contributed by atoms with E-state index in [4.69, 9.17) is 9.73 Å². The second-order valence-corrected chi connectivity index (χ2v) is 7.62. The molecule has 1 aromatic heterocycles. The second kappa shape index (κ2) is 11.0. The molecule has 1 saturated heterocycles. The predicted molar refractivity (Wildman–Crippen MR) is 129 cm³/mol. The zero-order chi connectivity index (χ0) is 20.1. The molecule has 0 radical (unpaired) electrons. The van der Waals surface area contributed by atoms with E-state index in [0.717, 1.165) is 44.1 Å². The van der Waals surface area contributed by atoms with E-state index in [2.05, 4.69) is 55.1 Å². The van der Waals surface area contributed by atoms with E-state index in [9.17, 15) is 0 Å². The molecule has 2 aromatic rings. The summed E-state index contributed by atoms with van der Waals surface area (Å²) in [5, 5.41) is 7.73. The summed E-state index contributed by atoms with van der Waals surface area (Å²) in [6, 6.07) is 4.52. The Hall–Kier alpha value is -1.61. The molecule has 1 fully saturated rings. The second-order valence-electron chi connectivity index (χ2n) is 7.62. The first-order chi connectivity index (χ1) is 13.5. The smallest absolute Gasteiger partial charge is 0.194 e. The molecule has 0 aliphatic carbocycles. The number of hydrogen-bond acceptors (Lipinski definition) is 3. The van der Waals surface area contributed by atoms with Crippen LogP contribution in [0.1, 0.15) is 40.8 Å². The zero-order valence-corrected chi connectivity index (χ0v) is 20.6. The number of hydrogen-bond donors (Lipinski definition) is 1. The Kier molecular flexibility index (Phi) is 8.95. The van der Waals surface area contributed by atoms with Gasteiger partial charge in [0.2, 0.25) is 0 Å². The summed E-state index contributed by atoms with van der Waals surface area (Å²) < 4.78 is 7.80. The van der Waals surface area contributed by atoms with E-state index in [-0.39, 0.29) is 30.1 Å². The Labute approximate surface area is 191 Å². The number of benzene rings is 1. The SMILES string of the molecule is CCNC(=NCCc1c(C)cc(C)cc1C)N1CCOC(c2cnn(C)c2)C1.I. The molecule has 0 amide bonds. The van der Waals surface area contributed by atoms with Gasteiger partial charge < -0.3 is 15.0 Å². The molecule has 0 bridgehead atoms. The van der Waals surface area contributed by atoms with Crippen LogP contribution in [-0.4, -0.2) is 53.4 Å². The Morgan fingerprint density at radius 2 is 2.00 bits per heavy atom. The van der Waals surface area contributed by atoms with Crippen molar-refractivity contribution in [3.8, 4) is 0 Å². The van der Waals surface area contributed by atoms with Gasteiger partial charge in [-0.3, -0.25) is 9.67 Å². The maximum Gasteiger partial charge on any atom is 0.194 e.